The monoisotopic (exact) mass is 371 g/mol. The molecule has 0 saturated carbocycles. The van der Waals surface area contributed by atoms with Gasteiger partial charge in [-0.15, -0.1) is 0 Å². The molecule has 0 radical (unpaired) electrons. The Morgan fingerprint density at radius 1 is 1.31 bits per heavy atom. The number of hydrogen-bond acceptors (Lipinski definition) is 3. The van der Waals surface area contributed by atoms with E-state index >= 15 is 0 Å². The summed E-state index contributed by atoms with van der Waals surface area (Å²) in [5.74, 6) is -2.37. The topological polar surface area (TPSA) is 83.7 Å². The average molecular weight is 371 g/mol. The fourth-order valence-electron chi connectivity index (χ4n) is 2.64. The van der Waals surface area contributed by atoms with Crippen LogP contribution >= 0.6 is 0 Å². The van der Waals surface area contributed by atoms with Gasteiger partial charge in [0.2, 0.25) is 0 Å². The molecule has 0 aliphatic carbocycles. The van der Waals surface area contributed by atoms with Gasteiger partial charge in [-0.25, -0.2) is 9.78 Å². The maximum atomic E-state index is 13.0. The van der Waals surface area contributed by atoms with Crippen LogP contribution < -0.4 is 5.32 Å². The number of fused-ring (bicyclic) bond motifs is 1. The Bertz CT molecular complexity index is 828. The summed E-state index contributed by atoms with van der Waals surface area (Å²) in [6, 6.07) is 0.928. The number of pyridine rings is 1. The van der Waals surface area contributed by atoms with E-state index in [4.69, 9.17) is 0 Å². The van der Waals surface area contributed by atoms with Gasteiger partial charge in [0.25, 0.3) is 5.91 Å². The van der Waals surface area contributed by atoms with Gasteiger partial charge in [0, 0.05) is 6.20 Å². The molecule has 1 amide bonds. The van der Waals surface area contributed by atoms with Crippen molar-refractivity contribution in [2.24, 2.45) is 5.92 Å². The largest absolute Gasteiger partial charge is 0.480 e. The van der Waals surface area contributed by atoms with Crippen LogP contribution in [-0.2, 0) is 17.4 Å². The molecule has 0 saturated heterocycles. The fourth-order valence-corrected chi connectivity index (χ4v) is 2.64. The zero-order chi connectivity index (χ0) is 19.6. The fraction of sp³-hybridized carbons (Fsp3) is 0.471. The smallest absolute Gasteiger partial charge is 0.417 e. The zero-order valence-corrected chi connectivity index (χ0v) is 14.6. The summed E-state index contributed by atoms with van der Waals surface area (Å²) >= 11 is 0. The van der Waals surface area contributed by atoms with Crippen LogP contribution in [0.3, 0.4) is 0 Å². The molecule has 142 valence electrons. The molecule has 2 rings (SSSR count). The van der Waals surface area contributed by atoms with Crippen LogP contribution in [0, 0.1) is 5.92 Å². The summed E-state index contributed by atoms with van der Waals surface area (Å²) in [4.78, 5) is 28.2. The van der Waals surface area contributed by atoms with Crippen LogP contribution in [-0.4, -0.2) is 32.4 Å². The summed E-state index contributed by atoms with van der Waals surface area (Å²) in [7, 11) is 0. The highest BCUT2D eigenvalue weighted by molar-refractivity contribution is 5.97. The van der Waals surface area contributed by atoms with Crippen molar-refractivity contribution in [3.8, 4) is 0 Å². The van der Waals surface area contributed by atoms with E-state index in [1.54, 1.807) is 13.8 Å². The number of carboxylic acids is 1. The lowest BCUT2D eigenvalue weighted by molar-refractivity contribution is -0.140. The van der Waals surface area contributed by atoms with Crippen molar-refractivity contribution >= 4 is 17.5 Å². The number of amides is 1. The number of rotatable bonds is 6. The molecule has 0 spiro atoms. The summed E-state index contributed by atoms with van der Waals surface area (Å²) in [5, 5.41) is 11.6. The van der Waals surface area contributed by atoms with E-state index in [0.29, 0.717) is 18.5 Å². The second kappa shape index (κ2) is 7.35. The molecule has 2 heterocycles. The third-order valence-electron chi connectivity index (χ3n) is 3.94. The van der Waals surface area contributed by atoms with E-state index in [0.717, 1.165) is 16.7 Å². The van der Waals surface area contributed by atoms with Crippen LogP contribution in [0.25, 0.3) is 5.65 Å². The number of carbonyl (C=O) groups excluding carboxylic acids is 1. The molecule has 0 aromatic carbocycles. The summed E-state index contributed by atoms with van der Waals surface area (Å²) in [6.45, 7) is 5.10. The van der Waals surface area contributed by atoms with Gasteiger partial charge in [-0.2, -0.15) is 13.2 Å². The zero-order valence-electron chi connectivity index (χ0n) is 14.6. The van der Waals surface area contributed by atoms with Crippen molar-refractivity contribution in [1.82, 2.24) is 14.7 Å². The minimum atomic E-state index is -4.57. The summed E-state index contributed by atoms with van der Waals surface area (Å²) < 4.78 is 40.1. The third-order valence-corrected chi connectivity index (χ3v) is 3.94. The van der Waals surface area contributed by atoms with Crippen LogP contribution in [0.15, 0.2) is 18.3 Å². The third kappa shape index (κ3) is 3.97. The predicted octanol–water partition coefficient (Wildman–Crippen LogP) is 3.14. The molecule has 2 N–H and O–H groups in total. The number of carbonyl (C=O) groups is 2. The lowest BCUT2D eigenvalue weighted by Crippen LogP contribution is -2.44. The Balaban J connectivity index is 2.56. The maximum Gasteiger partial charge on any atom is 0.417 e. The number of aromatic nitrogens is 2. The SMILES string of the molecule is CCCc1nc2ccc(C(F)(F)F)cn2c1C(=O)NC(C(=O)O)C(C)C. The van der Waals surface area contributed by atoms with Crippen molar-refractivity contribution in [2.45, 2.75) is 45.8 Å². The number of aliphatic carboxylic acids is 1. The summed E-state index contributed by atoms with van der Waals surface area (Å²) in [6.07, 6.45) is -2.76. The van der Waals surface area contributed by atoms with Crippen LogP contribution in [0.2, 0.25) is 0 Å². The highest BCUT2D eigenvalue weighted by atomic mass is 19.4. The van der Waals surface area contributed by atoms with E-state index in [1.165, 1.54) is 6.07 Å². The molecular weight excluding hydrogens is 351 g/mol. The number of halogens is 3. The molecule has 0 aliphatic heterocycles. The van der Waals surface area contributed by atoms with Crippen LogP contribution in [0.1, 0.15) is 48.9 Å². The van der Waals surface area contributed by atoms with Gasteiger partial charge >= 0.3 is 12.1 Å². The van der Waals surface area contributed by atoms with Gasteiger partial charge in [-0.1, -0.05) is 27.2 Å². The normalized spacial score (nSPS) is 13.2. The van der Waals surface area contributed by atoms with E-state index in [1.807, 2.05) is 6.92 Å². The first-order valence-electron chi connectivity index (χ1n) is 8.18. The standard InChI is InChI=1S/C17H20F3N3O3/c1-4-5-11-14(15(24)22-13(9(2)3)16(25)26)23-8-10(17(18,19)20)6-7-12(23)21-11/h6-9,13H,4-5H2,1-3H3,(H,22,24)(H,25,26). The van der Waals surface area contributed by atoms with Crippen molar-refractivity contribution in [1.29, 1.82) is 0 Å². The first-order chi connectivity index (χ1) is 12.1. The second-order valence-corrected chi connectivity index (χ2v) is 6.33. The molecule has 6 nitrogen and oxygen atoms in total. The predicted molar refractivity (Wildman–Crippen MR) is 87.9 cm³/mol. The molecule has 2 aromatic rings. The van der Waals surface area contributed by atoms with E-state index in [2.05, 4.69) is 10.3 Å². The van der Waals surface area contributed by atoms with Gasteiger partial charge in [-0.05, 0) is 24.5 Å². The maximum absolute atomic E-state index is 13.0. The quantitative estimate of drug-likeness (QED) is 0.817. The number of hydrogen-bond donors (Lipinski definition) is 2. The molecule has 0 bridgehead atoms. The van der Waals surface area contributed by atoms with Gasteiger partial charge in [0.15, 0.2) is 0 Å². The van der Waals surface area contributed by atoms with Gasteiger partial charge in [-0.3, -0.25) is 9.20 Å². The Kier molecular flexibility index (Phi) is 5.58. The molecule has 9 heteroatoms. The number of aryl methyl sites for hydroxylation is 1. The lowest BCUT2D eigenvalue weighted by atomic mass is 10.0. The molecule has 1 unspecified atom stereocenters. The molecule has 1 atom stereocenters. The highest BCUT2D eigenvalue weighted by Crippen LogP contribution is 2.30. The first-order valence-corrected chi connectivity index (χ1v) is 8.18. The Hall–Kier alpha value is -2.58. The second-order valence-electron chi connectivity index (χ2n) is 6.33. The van der Waals surface area contributed by atoms with E-state index in [-0.39, 0.29) is 11.3 Å². The van der Waals surface area contributed by atoms with Crippen molar-refractivity contribution in [3.05, 3.63) is 35.3 Å². The average Bonchev–Trinajstić information content (AvgIpc) is 2.88. The number of alkyl halides is 3. The Labute approximate surface area is 148 Å². The molecule has 26 heavy (non-hydrogen) atoms. The van der Waals surface area contributed by atoms with E-state index < -0.39 is 35.6 Å². The Morgan fingerprint density at radius 3 is 2.46 bits per heavy atom. The molecule has 0 fully saturated rings. The van der Waals surface area contributed by atoms with Crippen molar-refractivity contribution in [3.63, 3.8) is 0 Å². The van der Waals surface area contributed by atoms with Crippen LogP contribution in [0.5, 0.6) is 0 Å². The van der Waals surface area contributed by atoms with Crippen molar-refractivity contribution < 1.29 is 27.9 Å². The Morgan fingerprint density at radius 2 is 1.96 bits per heavy atom. The van der Waals surface area contributed by atoms with Gasteiger partial charge < -0.3 is 10.4 Å². The highest BCUT2D eigenvalue weighted by Gasteiger charge is 2.32. The number of carboxylic acid groups (broad SMARTS) is 1. The minimum absolute atomic E-state index is 0.0696. The number of imidazole rings is 1. The lowest BCUT2D eigenvalue weighted by Gasteiger charge is -2.18. The van der Waals surface area contributed by atoms with Crippen LogP contribution in [0.4, 0.5) is 13.2 Å². The molecule has 0 aliphatic rings. The first kappa shape index (κ1) is 19.7. The number of nitrogens with zero attached hydrogens (tertiary/aromatic N) is 2. The molecule has 2 aromatic heterocycles. The van der Waals surface area contributed by atoms with Crippen molar-refractivity contribution in [2.75, 3.05) is 0 Å². The van der Waals surface area contributed by atoms with Gasteiger partial charge in [0.05, 0.1) is 11.3 Å². The molecular formula is C17H20F3N3O3. The minimum Gasteiger partial charge on any atom is -0.480 e. The van der Waals surface area contributed by atoms with Gasteiger partial charge in [0.1, 0.15) is 17.4 Å². The number of nitrogens with one attached hydrogen (secondary N) is 1. The summed E-state index contributed by atoms with van der Waals surface area (Å²) in [5.41, 5.74) is -0.460. The van der Waals surface area contributed by atoms with E-state index in [9.17, 15) is 27.9 Å².